The predicted octanol–water partition coefficient (Wildman–Crippen LogP) is 0.484. The molecule has 1 aliphatic carbocycles. The van der Waals surface area contributed by atoms with E-state index in [0.29, 0.717) is 5.57 Å². The first-order valence-corrected chi connectivity index (χ1v) is 3.83. The van der Waals surface area contributed by atoms with Crippen molar-refractivity contribution in [2.45, 2.75) is 12.1 Å². The Morgan fingerprint density at radius 1 is 1.85 bits per heavy atom. The lowest BCUT2D eigenvalue weighted by atomic mass is 10.0. The van der Waals surface area contributed by atoms with Gasteiger partial charge in [0.1, 0.15) is 0 Å². The minimum Gasteiger partial charge on any atom is -0.392 e. The van der Waals surface area contributed by atoms with Gasteiger partial charge in [0.15, 0.2) is 0 Å². The number of aliphatic hydroxyl groups excluding tert-OH is 1. The third kappa shape index (κ3) is 1.76. The minimum absolute atomic E-state index is 0.103. The average molecular weight is 185 g/mol. The molecule has 1 N–H and O–H groups in total. The van der Waals surface area contributed by atoms with E-state index in [0.717, 1.165) is 0 Å². The molecule has 5 nitrogen and oxygen atoms in total. The molecule has 13 heavy (non-hydrogen) atoms. The van der Waals surface area contributed by atoms with Gasteiger partial charge in [0, 0.05) is 13.2 Å². The molecule has 0 saturated heterocycles. The lowest BCUT2D eigenvalue weighted by Gasteiger charge is -2.21. The van der Waals surface area contributed by atoms with E-state index in [2.05, 4.69) is 0 Å². The molecule has 1 rings (SSSR count). The maximum Gasteiger partial charge on any atom is 0.347 e. The summed E-state index contributed by atoms with van der Waals surface area (Å²) in [6.45, 7) is -0.103. The van der Waals surface area contributed by atoms with Crippen molar-refractivity contribution in [1.29, 1.82) is 0 Å². The van der Waals surface area contributed by atoms with E-state index in [1.54, 1.807) is 6.08 Å². The molecule has 0 saturated carbocycles. The van der Waals surface area contributed by atoms with Crippen LogP contribution in [0.15, 0.2) is 23.8 Å². The Morgan fingerprint density at radius 3 is 2.85 bits per heavy atom. The van der Waals surface area contributed by atoms with Crippen LogP contribution in [0.5, 0.6) is 0 Å². The summed E-state index contributed by atoms with van der Waals surface area (Å²) < 4.78 is 4.82. The Bertz CT molecular complexity index is 271. The zero-order valence-corrected chi connectivity index (χ0v) is 7.27. The van der Waals surface area contributed by atoms with Crippen molar-refractivity contribution in [2.24, 2.45) is 0 Å². The van der Waals surface area contributed by atoms with Gasteiger partial charge in [-0.2, -0.15) is 0 Å². The number of rotatable bonds is 3. The summed E-state index contributed by atoms with van der Waals surface area (Å²) in [6, 6.07) is 0. The van der Waals surface area contributed by atoms with E-state index in [4.69, 9.17) is 9.84 Å². The number of ether oxygens (including phenoxy) is 1. The molecule has 1 aliphatic rings. The van der Waals surface area contributed by atoms with Crippen molar-refractivity contribution >= 4 is 0 Å². The van der Waals surface area contributed by atoms with Gasteiger partial charge in [-0.1, -0.05) is 12.2 Å². The number of aliphatic hydroxyl groups is 1. The SMILES string of the molecule is COC1([N+](=O)[O-])C=CC(CO)=CC1. The second-order valence-electron chi connectivity index (χ2n) is 2.78. The lowest BCUT2D eigenvalue weighted by Crippen LogP contribution is -2.38. The van der Waals surface area contributed by atoms with E-state index in [1.165, 1.54) is 19.3 Å². The van der Waals surface area contributed by atoms with E-state index < -0.39 is 10.6 Å². The number of nitro groups is 1. The molecule has 0 bridgehead atoms. The first-order chi connectivity index (χ1) is 6.14. The fourth-order valence-corrected chi connectivity index (χ4v) is 1.13. The lowest BCUT2D eigenvalue weighted by molar-refractivity contribution is -0.610. The second-order valence-corrected chi connectivity index (χ2v) is 2.78. The monoisotopic (exact) mass is 185 g/mol. The van der Waals surface area contributed by atoms with Crippen LogP contribution in [0.1, 0.15) is 6.42 Å². The Labute approximate surface area is 75.5 Å². The molecule has 1 unspecified atom stereocenters. The van der Waals surface area contributed by atoms with Gasteiger partial charge in [-0.05, 0) is 5.57 Å². The average Bonchev–Trinajstić information content (AvgIpc) is 2.17. The highest BCUT2D eigenvalue weighted by atomic mass is 16.7. The van der Waals surface area contributed by atoms with Crippen LogP contribution in [0.4, 0.5) is 0 Å². The molecule has 0 radical (unpaired) electrons. The van der Waals surface area contributed by atoms with Gasteiger partial charge in [-0.3, -0.25) is 10.1 Å². The third-order valence-electron chi connectivity index (χ3n) is 2.06. The maximum absolute atomic E-state index is 10.6. The largest absolute Gasteiger partial charge is 0.392 e. The molecule has 0 aromatic heterocycles. The van der Waals surface area contributed by atoms with Crippen molar-refractivity contribution < 1.29 is 14.8 Å². The molecule has 1 atom stereocenters. The van der Waals surface area contributed by atoms with Crippen LogP contribution in [0.3, 0.4) is 0 Å². The summed E-state index contributed by atoms with van der Waals surface area (Å²) in [7, 11) is 1.30. The Morgan fingerprint density at radius 2 is 2.54 bits per heavy atom. The molecule has 0 aromatic carbocycles. The number of nitrogens with zero attached hydrogens (tertiary/aromatic N) is 1. The first kappa shape index (κ1) is 9.88. The van der Waals surface area contributed by atoms with Crippen molar-refractivity contribution in [2.75, 3.05) is 13.7 Å². The molecular weight excluding hydrogens is 174 g/mol. The Hall–Kier alpha value is -1.20. The molecular formula is C8H11NO4. The van der Waals surface area contributed by atoms with Crippen LogP contribution in [-0.2, 0) is 4.74 Å². The van der Waals surface area contributed by atoms with Crippen molar-refractivity contribution in [3.63, 3.8) is 0 Å². The molecule has 72 valence electrons. The van der Waals surface area contributed by atoms with Crippen molar-refractivity contribution in [3.8, 4) is 0 Å². The molecule has 0 spiro atoms. The molecule has 0 amide bonds. The van der Waals surface area contributed by atoms with Crippen LogP contribution >= 0.6 is 0 Å². The smallest absolute Gasteiger partial charge is 0.347 e. The van der Waals surface area contributed by atoms with Gasteiger partial charge in [0.25, 0.3) is 0 Å². The minimum atomic E-state index is -1.45. The summed E-state index contributed by atoms with van der Waals surface area (Å²) >= 11 is 0. The van der Waals surface area contributed by atoms with Gasteiger partial charge in [-0.15, -0.1) is 0 Å². The molecule has 5 heteroatoms. The standard InChI is InChI=1S/C8H11NO4/c1-13-8(9(11)12)4-2-7(6-10)3-5-8/h2-4,10H,5-6H2,1H3. The van der Waals surface area contributed by atoms with E-state index in [9.17, 15) is 10.1 Å². The van der Waals surface area contributed by atoms with Crippen LogP contribution in [-0.4, -0.2) is 29.5 Å². The Balaban J connectivity index is 2.83. The molecule has 0 fully saturated rings. The Kier molecular flexibility index (Phi) is 2.79. The second kappa shape index (κ2) is 3.68. The van der Waals surface area contributed by atoms with Crippen LogP contribution < -0.4 is 0 Å². The third-order valence-corrected chi connectivity index (χ3v) is 2.06. The van der Waals surface area contributed by atoms with Crippen molar-refractivity contribution in [3.05, 3.63) is 33.9 Å². The quantitative estimate of drug-likeness (QED) is 0.394. The summed E-state index contributed by atoms with van der Waals surface area (Å²) in [5.74, 6) is 0. The van der Waals surface area contributed by atoms with Gasteiger partial charge < -0.3 is 9.84 Å². The van der Waals surface area contributed by atoms with Gasteiger partial charge in [-0.25, -0.2) is 0 Å². The summed E-state index contributed by atoms with van der Waals surface area (Å²) in [5, 5.41) is 19.4. The highest BCUT2D eigenvalue weighted by Gasteiger charge is 2.40. The maximum atomic E-state index is 10.6. The fourth-order valence-electron chi connectivity index (χ4n) is 1.13. The van der Waals surface area contributed by atoms with Gasteiger partial charge >= 0.3 is 5.72 Å². The molecule has 0 aromatic rings. The molecule has 0 aliphatic heterocycles. The van der Waals surface area contributed by atoms with Crippen molar-refractivity contribution in [1.82, 2.24) is 0 Å². The van der Waals surface area contributed by atoms with Crippen LogP contribution in [0, 0.1) is 10.1 Å². The summed E-state index contributed by atoms with van der Waals surface area (Å²) in [6.07, 6.45) is 4.63. The summed E-state index contributed by atoms with van der Waals surface area (Å²) in [4.78, 5) is 10.2. The topological polar surface area (TPSA) is 72.6 Å². The first-order valence-electron chi connectivity index (χ1n) is 3.83. The van der Waals surface area contributed by atoms with Gasteiger partial charge in [0.2, 0.25) is 0 Å². The number of hydrogen-bond acceptors (Lipinski definition) is 4. The number of methoxy groups -OCH3 is 1. The van der Waals surface area contributed by atoms with Crippen LogP contribution in [0.2, 0.25) is 0 Å². The van der Waals surface area contributed by atoms with E-state index >= 15 is 0 Å². The molecule has 0 heterocycles. The highest BCUT2D eigenvalue weighted by molar-refractivity contribution is 5.26. The zero-order chi connectivity index (χ0) is 9.90. The predicted molar refractivity (Wildman–Crippen MR) is 45.7 cm³/mol. The van der Waals surface area contributed by atoms with Gasteiger partial charge in [0.05, 0.1) is 18.0 Å². The highest BCUT2D eigenvalue weighted by Crippen LogP contribution is 2.24. The zero-order valence-electron chi connectivity index (χ0n) is 7.27. The number of hydrogen-bond donors (Lipinski definition) is 1. The van der Waals surface area contributed by atoms with E-state index in [-0.39, 0.29) is 13.0 Å². The normalized spacial score (nSPS) is 27.1. The fraction of sp³-hybridized carbons (Fsp3) is 0.500. The van der Waals surface area contributed by atoms with Crippen LogP contribution in [0.25, 0.3) is 0 Å². The summed E-state index contributed by atoms with van der Waals surface area (Å²) in [5.41, 5.74) is -0.770. The van der Waals surface area contributed by atoms with E-state index in [1.807, 2.05) is 0 Å².